The Morgan fingerprint density at radius 2 is 2.00 bits per heavy atom. The van der Waals surface area contributed by atoms with Crippen LogP contribution in [0.15, 0.2) is 40.9 Å². The Hall–Kier alpha value is -1.59. The van der Waals surface area contributed by atoms with Crippen molar-refractivity contribution in [2.75, 3.05) is 5.32 Å². The van der Waals surface area contributed by atoms with Crippen LogP contribution >= 0.6 is 27.5 Å². The molecule has 2 aromatic rings. The van der Waals surface area contributed by atoms with Crippen molar-refractivity contribution >= 4 is 38.9 Å². The quantitative estimate of drug-likeness (QED) is 0.572. The van der Waals surface area contributed by atoms with Crippen molar-refractivity contribution in [1.29, 1.82) is 0 Å². The molecule has 0 radical (unpaired) electrons. The van der Waals surface area contributed by atoms with Gasteiger partial charge in [-0.2, -0.15) is 0 Å². The van der Waals surface area contributed by atoms with Gasteiger partial charge in [0.1, 0.15) is 0 Å². The molecule has 1 N–H and O–H groups in total. The maximum Gasteiger partial charge on any atom is 0.273 e. The zero-order valence-corrected chi connectivity index (χ0v) is 13.9. The van der Waals surface area contributed by atoms with Gasteiger partial charge in [0.05, 0.1) is 11.0 Å². The van der Waals surface area contributed by atoms with Crippen LogP contribution in [0.2, 0.25) is 5.02 Å². The molecule has 0 aliphatic carbocycles. The van der Waals surface area contributed by atoms with Gasteiger partial charge in [0.25, 0.3) is 5.69 Å². The molecule has 0 spiro atoms. The van der Waals surface area contributed by atoms with Gasteiger partial charge in [-0.05, 0) is 47.5 Å². The lowest BCUT2D eigenvalue weighted by molar-refractivity contribution is -0.385. The van der Waals surface area contributed by atoms with E-state index in [-0.39, 0.29) is 16.7 Å². The van der Waals surface area contributed by atoms with Gasteiger partial charge >= 0.3 is 0 Å². The topological polar surface area (TPSA) is 55.2 Å². The van der Waals surface area contributed by atoms with Gasteiger partial charge in [0.15, 0.2) is 0 Å². The van der Waals surface area contributed by atoms with Gasteiger partial charge in [0.2, 0.25) is 0 Å². The zero-order valence-electron chi connectivity index (χ0n) is 11.6. The summed E-state index contributed by atoms with van der Waals surface area (Å²) in [5.74, 6) is 0. The lowest BCUT2D eigenvalue weighted by Gasteiger charge is -2.18. The van der Waals surface area contributed by atoms with Crippen LogP contribution in [0.5, 0.6) is 0 Å². The number of benzene rings is 2. The average Bonchev–Trinajstić information content (AvgIpc) is 2.42. The highest BCUT2D eigenvalue weighted by atomic mass is 79.9. The first-order valence-corrected chi connectivity index (χ1v) is 7.52. The smallest absolute Gasteiger partial charge is 0.273 e. The molecule has 2 rings (SSSR count). The molecule has 0 aliphatic heterocycles. The lowest BCUT2D eigenvalue weighted by atomic mass is 10.1. The highest BCUT2D eigenvalue weighted by Crippen LogP contribution is 2.33. The standard InChI is InChI=1S/C15H14BrClN2O2/c1-9-7-14(12(16)8-15(9)19(20)21)18-10(2)11-5-3-4-6-13(11)17/h3-8,10,18H,1-2H3. The molecule has 0 aliphatic rings. The van der Waals surface area contributed by atoms with Gasteiger partial charge in [-0.25, -0.2) is 0 Å². The summed E-state index contributed by atoms with van der Waals surface area (Å²) >= 11 is 9.55. The molecule has 110 valence electrons. The number of nitrogens with one attached hydrogen (secondary N) is 1. The minimum Gasteiger partial charge on any atom is -0.378 e. The van der Waals surface area contributed by atoms with Gasteiger partial charge < -0.3 is 5.32 Å². The Kier molecular flexibility index (Phi) is 4.85. The fourth-order valence-electron chi connectivity index (χ4n) is 2.12. The Morgan fingerprint density at radius 1 is 1.33 bits per heavy atom. The van der Waals surface area contributed by atoms with Crippen LogP contribution in [-0.4, -0.2) is 4.92 Å². The van der Waals surface area contributed by atoms with Gasteiger partial charge in [-0.15, -0.1) is 0 Å². The molecule has 0 saturated carbocycles. The van der Waals surface area contributed by atoms with Crippen molar-refractivity contribution in [1.82, 2.24) is 0 Å². The van der Waals surface area contributed by atoms with E-state index in [0.717, 1.165) is 11.3 Å². The highest BCUT2D eigenvalue weighted by Gasteiger charge is 2.16. The zero-order chi connectivity index (χ0) is 15.6. The number of hydrogen-bond donors (Lipinski definition) is 1. The molecule has 0 amide bonds. The Morgan fingerprint density at radius 3 is 2.62 bits per heavy atom. The van der Waals surface area contributed by atoms with E-state index in [1.54, 1.807) is 13.0 Å². The molecule has 1 unspecified atom stereocenters. The largest absolute Gasteiger partial charge is 0.378 e. The minimum atomic E-state index is -0.388. The lowest BCUT2D eigenvalue weighted by Crippen LogP contribution is -2.08. The molecule has 1 atom stereocenters. The number of anilines is 1. The van der Waals surface area contributed by atoms with Crippen LogP contribution < -0.4 is 5.32 Å². The van der Waals surface area contributed by atoms with Crippen molar-refractivity contribution in [3.05, 3.63) is 67.1 Å². The van der Waals surface area contributed by atoms with Crippen LogP contribution in [0, 0.1) is 17.0 Å². The Labute approximate surface area is 136 Å². The van der Waals surface area contributed by atoms with E-state index >= 15 is 0 Å². The molecule has 0 bridgehead atoms. The SMILES string of the molecule is Cc1cc(NC(C)c2ccccc2Cl)c(Br)cc1[N+](=O)[O-]. The molecule has 4 nitrogen and oxygen atoms in total. The number of nitro groups is 1. The summed E-state index contributed by atoms with van der Waals surface area (Å²) in [6.07, 6.45) is 0. The van der Waals surface area contributed by atoms with Gasteiger partial charge in [-0.1, -0.05) is 29.8 Å². The van der Waals surface area contributed by atoms with Gasteiger partial charge in [0, 0.05) is 26.8 Å². The second kappa shape index (κ2) is 6.45. The molecule has 6 heteroatoms. The van der Waals surface area contributed by atoms with Crippen molar-refractivity contribution in [2.45, 2.75) is 19.9 Å². The fraction of sp³-hybridized carbons (Fsp3) is 0.200. The first kappa shape index (κ1) is 15.8. The third kappa shape index (κ3) is 3.54. The molecule has 0 heterocycles. The molecule has 0 saturated heterocycles. The minimum absolute atomic E-state index is 0.0177. The number of aryl methyl sites for hydroxylation is 1. The van der Waals surface area contributed by atoms with E-state index in [4.69, 9.17) is 11.6 Å². The molecule has 21 heavy (non-hydrogen) atoms. The summed E-state index contributed by atoms with van der Waals surface area (Å²) in [6.45, 7) is 3.71. The summed E-state index contributed by atoms with van der Waals surface area (Å²) in [5.41, 5.74) is 2.47. The van der Waals surface area contributed by atoms with Crippen LogP contribution in [0.25, 0.3) is 0 Å². The molecular weight excluding hydrogens is 356 g/mol. The number of hydrogen-bond acceptors (Lipinski definition) is 3. The fourth-order valence-corrected chi connectivity index (χ4v) is 2.86. The number of rotatable bonds is 4. The van der Waals surface area contributed by atoms with Crippen LogP contribution in [0.1, 0.15) is 24.1 Å². The van der Waals surface area contributed by atoms with E-state index in [2.05, 4.69) is 21.2 Å². The van der Waals surface area contributed by atoms with Crippen LogP contribution in [0.4, 0.5) is 11.4 Å². The number of nitrogens with zero attached hydrogens (tertiary/aromatic N) is 1. The normalized spacial score (nSPS) is 12.0. The Balaban J connectivity index is 2.30. The van der Waals surface area contributed by atoms with E-state index in [0.29, 0.717) is 15.1 Å². The average molecular weight is 370 g/mol. The van der Waals surface area contributed by atoms with E-state index in [1.807, 2.05) is 31.2 Å². The third-order valence-corrected chi connectivity index (χ3v) is 4.23. The number of nitro benzene ring substituents is 1. The van der Waals surface area contributed by atoms with E-state index < -0.39 is 0 Å². The molecule has 2 aromatic carbocycles. The summed E-state index contributed by atoms with van der Waals surface area (Å²) in [4.78, 5) is 10.5. The van der Waals surface area contributed by atoms with Crippen molar-refractivity contribution in [2.24, 2.45) is 0 Å². The van der Waals surface area contributed by atoms with E-state index in [9.17, 15) is 10.1 Å². The second-order valence-corrected chi connectivity index (χ2v) is 6.02. The maximum absolute atomic E-state index is 10.9. The maximum atomic E-state index is 10.9. The first-order valence-electron chi connectivity index (χ1n) is 6.35. The number of halogens is 2. The highest BCUT2D eigenvalue weighted by molar-refractivity contribution is 9.10. The molecular formula is C15H14BrClN2O2. The second-order valence-electron chi connectivity index (χ2n) is 4.76. The van der Waals surface area contributed by atoms with Crippen molar-refractivity contribution in [3.63, 3.8) is 0 Å². The monoisotopic (exact) mass is 368 g/mol. The molecule has 0 fully saturated rings. The summed E-state index contributed by atoms with van der Waals surface area (Å²) in [7, 11) is 0. The summed E-state index contributed by atoms with van der Waals surface area (Å²) in [6, 6.07) is 10.8. The van der Waals surface area contributed by atoms with E-state index in [1.165, 1.54) is 6.07 Å². The predicted molar refractivity (Wildman–Crippen MR) is 89.0 cm³/mol. The third-order valence-electron chi connectivity index (χ3n) is 3.23. The van der Waals surface area contributed by atoms with Crippen LogP contribution in [0.3, 0.4) is 0 Å². The summed E-state index contributed by atoms with van der Waals surface area (Å²) < 4.78 is 0.652. The van der Waals surface area contributed by atoms with Crippen molar-refractivity contribution in [3.8, 4) is 0 Å². The molecule has 0 aromatic heterocycles. The first-order chi connectivity index (χ1) is 9.90. The van der Waals surface area contributed by atoms with Crippen LogP contribution in [-0.2, 0) is 0 Å². The Bertz CT molecular complexity index is 691. The predicted octanol–water partition coefficient (Wildman–Crippen LogP) is 5.49. The van der Waals surface area contributed by atoms with Crippen molar-refractivity contribution < 1.29 is 4.92 Å². The van der Waals surface area contributed by atoms with Gasteiger partial charge in [-0.3, -0.25) is 10.1 Å². The summed E-state index contributed by atoms with van der Waals surface area (Å²) in [5, 5.41) is 14.9.